The Morgan fingerprint density at radius 2 is 1.95 bits per heavy atom. The van der Waals surface area contributed by atoms with Gasteiger partial charge in [-0.2, -0.15) is 0 Å². The van der Waals surface area contributed by atoms with E-state index in [0.29, 0.717) is 25.7 Å². The minimum Gasteiger partial charge on any atom is -0.385 e. The lowest BCUT2D eigenvalue weighted by atomic mass is 10.5. The Kier molecular flexibility index (Phi) is 14.4. The molecule has 0 aliphatic heterocycles. The lowest BCUT2D eigenvalue weighted by Gasteiger charge is -2.11. The highest BCUT2D eigenvalue weighted by atomic mass is 127. The lowest BCUT2D eigenvalue weighted by molar-refractivity contribution is 0.197. The standard InChI is InChI=1S/C11H25N3O3S.HI/c1-4-12-11(13-7-6-9-17-3)14-8-10-18(15,16)5-2;/h4-10H2,1-3H3,(H2,12,13,14);1H. The molecule has 0 aliphatic rings. The number of hydrogen-bond donors (Lipinski definition) is 2. The van der Waals surface area contributed by atoms with Crippen LogP contribution in [-0.2, 0) is 14.6 Å². The summed E-state index contributed by atoms with van der Waals surface area (Å²) in [5.74, 6) is 0.960. The van der Waals surface area contributed by atoms with E-state index in [1.54, 1.807) is 14.0 Å². The number of sulfone groups is 1. The summed E-state index contributed by atoms with van der Waals surface area (Å²) < 4.78 is 27.6. The predicted octanol–water partition coefficient (Wildman–Crippen LogP) is 0.631. The largest absolute Gasteiger partial charge is 0.385 e. The van der Waals surface area contributed by atoms with E-state index in [-0.39, 0.29) is 35.5 Å². The molecule has 0 heterocycles. The topological polar surface area (TPSA) is 79.8 Å². The van der Waals surface area contributed by atoms with Crippen molar-refractivity contribution in [3.8, 4) is 0 Å². The third-order valence-electron chi connectivity index (χ3n) is 2.27. The SMILES string of the molecule is CCNC(=NCCCOC)NCCS(=O)(=O)CC.I. The van der Waals surface area contributed by atoms with Crippen molar-refractivity contribution in [1.82, 2.24) is 10.6 Å². The van der Waals surface area contributed by atoms with Crippen LogP contribution in [0.3, 0.4) is 0 Å². The number of ether oxygens (including phenoxy) is 1. The van der Waals surface area contributed by atoms with Crippen molar-refractivity contribution in [3.05, 3.63) is 0 Å². The Balaban J connectivity index is 0. The van der Waals surface area contributed by atoms with Crippen molar-refractivity contribution >= 4 is 39.8 Å². The number of aliphatic imine (C=N–C) groups is 1. The molecular formula is C11H26IN3O3S. The molecule has 0 unspecified atom stereocenters. The molecule has 0 aromatic carbocycles. The number of nitrogens with one attached hydrogen (secondary N) is 2. The number of halogens is 1. The minimum absolute atomic E-state index is 0. The second-order valence-electron chi connectivity index (χ2n) is 3.77. The first-order valence-electron chi connectivity index (χ1n) is 6.27. The number of nitrogens with zero attached hydrogens (tertiary/aromatic N) is 1. The van der Waals surface area contributed by atoms with Crippen LogP contribution in [0, 0.1) is 0 Å². The molecule has 0 atom stereocenters. The van der Waals surface area contributed by atoms with Crippen LogP contribution >= 0.6 is 24.0 Å². The van der Waals surface area contributed by atoms with Crippen molar-refractivity contribution in [3.63, 3.8) is 0 Å². The zero-order valence-electron chi connectivity index (χ0n) is 11.9. The molecule has 0 fully saturated rings. The first-order valence-corrected chi connectivity index (χ1v) is 8.09. The van der Waals surface area contributed by atoms with Gasteiger partial charge in [0.25, 0.3) is 0 Å². The summed E-state index contributed by atoms with van der Waals surface area (Å²) in [7, 11) is -1.27. The molecule has 0 spiro atoms. The third kappa shape index (κ3) is 12.7. The van der Waals surface area contributed by atoms with Crippen molar-refractivity contribution in [2.75, 3.05) is 44.9 Å². The smallest absolute Gasteiger partial charge is 0.191 e. The van der Waals surface area contributed by atoms with E-state index in [1.807, 2.05) is 6.92 Å². The van der Waals surface area contributed by atoms with Gasteiger partial charge >= 0.3 is 0 Å². The van der Waals surface area contributed by atoms with E-state index in [2.05, 4.69) is 15.6 Å². The van der Waals surface area contributed by atoms with Gasteiger partial charge in [-0.1, -0.05) is 6.92 Å². The molecule has 0 radical (unpaired) electrons. The zero-order chi connectivity index (χ0) is 13.9. The highest BCUT2D eigenvalue weighted by Crippen LogP contribution is 1.87. The average molecular weight is 407 g/mol. The van der Waals surface area contributed by atoms with Crippen molar-refractivity contribution in [2.45, 2.75) is 20.3 Å². The summed E-state index contributed by atoms with van der Waals surface area (Å²) in [6, 6.07) is 0. The lowest BCUT2D eigenvalue weighted by Crippen LogP contribution is -2.39. The summed E-state index contributed by atoms with van der Waals surface area (Å²) in [4.78, 5) is 4.32. The van der Waals surface area contributed by atoms with Gasteiger partial charge in [0.05, 0.1) is 5.75 Å². The molecule has 8 heteroatoms. The van der Waals surface area contributed by atoms with Crippen LogP contribution in [-0.4, -0.2) is 59.2 Å². The quantitative estimate of drug-likeness (QED) is 0.254. The Morgan fingerprint density at radius 3 is 2.47 bits per heavy atom. The molecule has 0 bridgehead atoms. The Bertz CT molecular complexity index is 334. The molecule has 0 aromatic heterocycles. The highest BCUT2D eigenvalue weighted by Gasteiger charge is 2.07. The van der Waals surface area contributed by atoms with Gasteiger partial charge in [0, 0.05) is 39.1 Å². The fourth-order valence-electron chi connectivity index (χ4n) is 1.21. The fourth-order valence-corrected chi connectivity index (χ4v) is 1.91. The number of methoxy groups -OCH3 is 1. The van der Waals surface area contributed by atoms with Crippen LogP contribution in [0.1, 0.15) is 20.3 Å². The van der Waals surface area contributed by atoms with Crippen LogP contribution in [0.2, 0.25) is 0 Å². The van der Waals surface area contributed by atoms with E-state index in [9.17, 15) is 8.42 Å². The summed E-state index contributed by atoms with van der Waals surface area (Å²) in [5, 5.41) is 6.07. The fraction of sp³-hybridized carbons (Fsp3) is 0.909. The van der Waals surface area contributed by atoms with Gasteiger partial charge < -0.3 is 15.4 Å². The molecule has 0 aliphatic carbocycles. The Hall–Kier alpha value is -0.0900. The maximum Gasteiger partial charge on any atom is 0.191 e. The number of hydrogen-bond acceptors (Lipinski definition) is 4. The van der Waals surface area contributed by atoms with Crippen LogP contribution in [0.4, 0.5) is 0 Å². The molecular weight excluding hydrogens is 381 g/mol. The third-order valence-corrected chi connectivity index (χ3v) is 3.97. The van der Waals surface area contributed by atoms with Crippen molar-refractivity contribution in [1.29, 1.82) is 0 Å². The number of rotatable bonds is 9. The van der Waals surface area contributed by atoms with E-state index in [0.717, 1.165) is 13.0 Å². The normalized spacial score (nSPS) is 11.8. The molecule has 19 heavy (non-hydrogen) atoms. The highest BCUT2D eigenvalue weighted by molar-refractivity contribution is 14.0. The molecule has 0 aromatic rings. The molecule has 0 rings (SSSR count). The van der Waals surface area contributed by atoms with Crippen molar-refractivity contribution < 1.29 is 13.2 Å². The molecule has 0 amide bonds. The first-order chi connectivity index (χ1) is 8.55. The van der Waals surface area contributed by atoms with E-state index in [1.165, 1.54) is 0 Å². The molecule has 6 nitrogen and oxygen atoms in total. The van der Waals surface area contributed by atoms with Crippen LogP contribution in [0.15, 0.2) is 4.99 Å². The van der Waals surface area contributed by atoms with Crippen LogP contribution in [0.5, 0.6) is 0 Å². The Labute approximate surface area is 133 Å². The van der Waals surface area contributed by atoms with Gasteiger partial charge in [-0.25, -0.2) is 8.42 Å². The maximum absolute atomic E-state index is 11.3. The second-order valence-corrected chi connectivity index (χ2v) is 6.24. The van der Waals surface area contributed by atoms with Crippen molar-refractivity contribution in [2.24, 2.45) is 4.99 Å². The first kappa shape index (κ1) is 21.2. The van der Waals surface area contributed by atoms with Gasteiger partial charge in [0.2, 0.25) is 0 Å². The maximum atomic E-state index is 11.3. The molecule has 116 valence electrons. The van der Waals surface area contributed by atoms with Gasteiger partial charge in [0.15, 0.2) is 15.8 Å². The zero-order valence-corrected chi connectivity index (χ0v) is 15.1. The van der Waals surface area contributed by atoms with Gasteiger partial charge in [-0.15, -0.1) is 24.0 Å². The molecule has 2 N–H and O–H groups in total. The van der Waals surface area contributed by atoms with Crippen LogP contribution in [0.25, 0.3) is 0 Å². The van der Waals surface area contributed by atoms with E-state index >= 15 is 0 Å². The predicted molar refractivity (Wildman–Crippen MR) is 90.2 cm³/mol. The Morgan fingerprint density at radius 1 is 1.26 bits per heavy atom. The van der Waals surface area contributed by atoms with Gasteiger partial charge in [-0.3, -0.25) is 4.99 Å². The summed E-state index contributed by atoms with van der Waals surface area (Å²) in [6.07, 6.45) is 0.848. The minimum atomic E-state index is -2.92. The van der Waals surface area contributed by atoms with Crippen LogP contribution < -0.4 is 10.6 Å². The van der Waals surface area contributed by atoms with E-state index < -0.39 is 9.84 Å². The summed E-state index contributed by atoms with van der Waals surface area (Å²) in [6.45, 7) is 6.08. The summed E-state index contributed by atoms with van der Waals surface area (Å²) in [5.41, 5.74) is 0. The summed E-state index contributed by atoms with van der Waals surface area (Å²) >= 11 is 0. The number of guanidine groups is 1. The average Bonchev–Trinajstić information content (AvgIpc) is 2.34. The van der Waals surface area contributed by atoms with Gasteiger partial charge in [0.1, 0.15) is 0 Å². The van der Waals surface area contributed by atoms with Gasteiger partial charge in [-0.05, 0) is 13.3 Å². The molecule has 0 saturated heterocycles. The monoisotopic (exact) mass is 407 g/mol. The second kappa shape index (κ2) is 12.9. The van der Waals surface area contributed by atoms with E-state index in [4.69, 9.17) is 4.74 Å². The molecule has 0 saturated carbocycles.